The molecule has 1 aliphatic heterocycles. The van der Waals surface area contributed by atoms with Crippen LogP contribution < -0.4 is 11.2 Å². The van der Waals surface area contributed by atoms with Crippen molar-refractivity contribution in [1.29, 1.82) is 0 Å². The van der Waals surface area contributed by atoms with E-state index in [9.17, 15) is 18.4 Å². The molecule has 2 N–H and O–H groups in total. The van der Waals surface area contributed by atoms with Crippen LogP contribution in [0.5, 0.6) is 0 Å². The SMILES string of the molecule is O=c1[nH]c(=O)n([C@@H]2C=C(F)[C@H](CO)O2)cc1F. The molecule has 2 atom stereocenters. The van der Waals surface area contributed by atoms with Gasteiger partial charge in [0.05, 0.1) is 12.8 Å². The van der Waals surface area contributed by atoms with E-state index in [-0.39, 0.29) is 0 Å². The minimum Gasteiger partial charge on any atom is -0.393 e. The molecule has 2 heterocycles. The third-order valence-electron chi connectivity index (χ3n) is 2.28. The number of H-pyrrole nitrogens is 1. The Morgan fingerprint density at radius 2 is 2.18 bits per heavy atom. The van der Waals surface area contributed by atoms with E-state index in [0.717, 1.165) is 6.08 Å². The van der Waals surface area contributed by atoms with Crippen molar-refractivity contribution in [2.75, 3.05) is 6.61 Å². The Morgan fingerprint density at radius 3 is 2.76 bits per heavy atom. The third kappa shape index (κ3) is 2.04. The molecule has 2 rings (SSSR count). The van der Waals surface area contributed by atoms with Gasteiger partial charge in [-0.1, -0.05) is 0 Å². The molecule has 1 aromatic heterocycles. The van der Waals surface area contributed by atoms with Gasteiger partial charge in [0, 0.05) is 0 Å². The zero-order chi connectivity index (χ0) is 12.6. The molecule has 0 fully saturated rings. The number of aliphatic hydroxyl groups excluding tert-OH is 1. The van der Waals surface area contributed by atoms with Crippen LogP contribution in [-0.2, 0) is 4.74 Å². The number of hydrogen-bond donors (Lipinski definition) is 2. The van der Waals surface area contributed by atoms with Crippen molar-refractivity contribution < 1.29 is 18.6 Å². The van der Waals surface area contributed by atoms with E-state index in [1.54, 1.807) is 4.98 Å². The van der Waals surface area contributed by atoms with Crippen LogP contribution in [0, 0.1) is 5.82 Å². The molecule has 0 spiro atoms. The van der Waals surface area contributed by atoms with Gasteiger partial charge in [-0.2, -0.15) is 4.39 Å². The molecule has 17 heavy (non-hydrogen) atoms. The lowest BCUT2D eigenvalue weighted by Crippen LogP contribution is -2.34. The van der Waals surface area contributed by atoms with Gasteiger partial charge in [0.2, 0.25) is 5.82 Å². The Hall–Kier alpha value is -1.80. The van der Waals surface area contributed by atoms with Crippen LogP contribution in [0.15, 0.2) is 27.7 Å². The standard InChI is InChI=1S/C9H8F2N2O4/c10-4-1-7(17-6(4)3-14)13-2-5(11)8(15)12-9(13)16/h1-2,6-7,14H,3H2,(H,12,15,16)/t6-,7-/m0/s1. The second kappa shape index (κ2) is 4.22. The number of aromatic nitrogens is 2. The van der Waals surface area contributed by atoms with Crippen LogP contribution in [0.3, 0.4) is 0 Å². The molecule has 8 heteroatoms. The first kappa shape index (κ1) is 11.7. The molecule has 0 aliphatic carbocycles. The third-order valence-corrected chi connectivity index (χ3v) is 2.28. The molecule has 0 aromatic carbocycles. The summed E-state index contributed by atoms with van der Waals surface area (Å²) < 4.78 is 31.7. The molecule has 0 bridgehead atoms. The van der Waals surface area contributed by atoms with Crippen LogP contribution in [0.4, 0.5) is 8.78 Å². The van der Waals surface area contributed by atoms with Crippen molar-refractivity contribution in [3.8, 4) is 0 Å². The fraction of sp³-hybridized carbons (Fsp3) is 0.333. The van der Waals surface area contributed by atoms with Gasteiger partial charge in [-0.05, 0) is 6.08 Å². The summed E-state index contributed by atoms with van der Waals surface area (Å²) in [5, 5.41) is 8.74. The Bertz CT molecular complexity index is 577. The number of hydrogen-bond acceptors (Lipinski definition) is 4. The molecule has 0 radical (unpaired) electrons. The predicted octanol–water partition coefficient (Wildman–Crippen LogP) is -0.581. The van der Waals surface area contributed by atoms with Crippen molar-refractivity contribution >= 4 is 0 Å². The first-order chi connectivity index (χ1) is 8.02. The van der Waals surface area contributed by atoms with Crippen molar-refractivity contribution in [2.24, 2.45) is 0 Å². The number of nitrogens with one attached hydrogen (secondary N) is 1. The molecular formula is C9H8F2N2O4. The summed E-state index contributed by atoms with van der Waals surface area (Å²) in [6, 6.07) is 0. The lowest BCUT2D eigenvalue weighted by Gasteiger charge is -2.14. The smallest absolute Gasteiger partial charge is 0.330 e. The normalized spacial score (nSPS) is 23.8. The van der Waals surface area contributed by atoms with E-state index >= 15 is 0 Å². The molecule has 6 nitrogen and oxygen atoms in total. The Labute approximate surface area is 92.8 Å². The lowest BCUT2D eigenvalue weighted by atomic mass is 10.3. The number of aromatic amines is 1. The van der Waals surface area contributed by atoms with Crippen LogP contribution in [0.1, 0.15) is 6.23 Å². The van der Waals surface area contributed by atoms with E-state index in [1.165, 1.54) is 0 Å². The van der Waals surface area contributed by atoms with Gasteiger partial charge in [0.1, 0.15) is 11.9 Å². The largest absolute Gasteiger partial charge is 0.393 e. The second-order valence-electron chi connectivity index (χ2n) is 3.39. The molecular weight excluding hydrogens is 238 g/mol. The molecule has 0 amide bonds. The molecule has 1 aliphatic rings. The summed E-state index contributed by atoms with van der Waals surface area (Å²) >= 11 is 0. The van der Waals surface area contributed by atoms with Gasteiger partial charge in [-0.3, -0.25) is 14.3 Å². The van der Waals surface area contributed by atoms with E-state index < -0.39 is 41.8 Å². The van der Waals surface area contributed by atoms with Gasteiger partial charge in [0.15, 0.2) is 6.23 Å². The summed E-state index contributed by atoms with van der Waals surface area (Å²) in [5.74, 6) is -1.94. The Balaban J connectivity index is 2.41. The zero-order valence-electron chi connectivity index (χ0n) is 8.39. The average Bonchev–Trinajstić information content (AvgIpc) is 2.65. The molecule has 1 aromatic rings. The number of rotatable bonds is 2. The fourth-order valence-electron chi connectivity index (χ4n) is 1.44. The monoisotopic (exact) mass is 246 g/mol. The van der Waals surface area contributed by atoms with Crippen molar-refractivity contribution in [1.82, 2.24) is 9.55 Å². The van der Waals surface area contributed by atoms with Crippen LogP contribution in [-0.4, -0.2) is 27.4 Å². The van der Waals surface area contributed by atoms with Crippen molar-refractivity contribution in [2.45, 2.75) is 12.3 Å². The minimum absolute atomic E-state index is 0.598. The first-order valence-electron chi connectivity index (χ1n) is 4.67. The van der Waals surface area contributed by atoms with Crippen LogP contribution in [0.25, 0.3) is 0 Å². The maximum atomic E-state index is 13.1. The lowest BCUT2D eigenvalue weighted by molar-refractivity contribution is -0.0203. The maximum absolute atomic E-state index is 13.1. The number of ether oxygens (including phenoxy) is 1. The topological polar surface area (TPSA) is 84.3 Å². The summed E-state index contributed by atoms with van der Waals surface area (Å²) in [6.07, 6.45) is -0.831. The molecule has 92 valence electrons. The van der Waals surface area contributed by atoms with Gasteiger partial charge >= 0.3 is 5.69 Å². The quantitative estimate of drug-likeness (QED) is 0.731. The van der Waals surface area contributed by atoms with Gasteiger partial charge in [0.25, 0.3) is 5.56 Å². The average molecular weight is 246 g/mol. The highest BCUT2D eigenvalue weighted by Crippen LogP contribution is 2.26. The van der Waals surface area contributed by atoms with Gasteiger partial charge in [-0.15, -0.1) is 0 Å². The van der Waals surface area contributed by atoms with E-state index in [2.05, 4.69) is 0 Å². The van der Waals surface area contributed by atoms with Gasteiger partial charge < -0.3 is 9.84 Å². The highest BCUT2D eigenvalue weighted by atomic mass is 19.1. The molecule has 0 saturated heterocycles. The number of halogens is 2. The summed E-state index contributed by atoms with van der Waals surface area (Å²) in [7, 11) is 0. The zero-order valence-corrected chi connectivity index (χ0v) is 8.39. The predicted molar refractivity (Wildman–Crippen MR) is 51.5 cm³/mol. The Morgan fingerprint density at radius 1 is 1.47 bits per heavy atom. The van der Waals surface area contributed by atoms with Crippen molar-refractivity contribution in [3.63, 3.8) is 0 Å². The summed E-state index contributed by atoms with van der Waals surface area (Å²) in [5.41, 5.74) is -2.09. The maximum Gasteiger partial charge on any atom is 0.330 e. The Kier molecular flexibility index (Phi) is 2.90. The van der Waals surface area contributed by atoms with E-state index in [4.69, 9.17) is 9.84 Å². The second-order valence-corrected chi connectivity index (χ2v) is 3.39. The summed E-state index contributed by atoms with van der Waals surface area (Å²) in [6.45, 7) is -0.598. The number of aliphatic hydroxyl groups is 1. The molecule has 0 unspecified atom stereocenters. The minimum atomic E-state index is -1.19. The highest BCUT2D eigenvalue weighted by Gasteiger charge is 2.29. The van der Waals surface area contributed by atoms with Crippen LogP contribution in [0.2, 0.25) is 0 Å². The summed E-state index contributed by atoms with van der Waals surface area (Å²) in [4.78, 5) is 23.8. The molecule has 0 saturated carbocycles. The van der Waals surface area contributed by atoms with E-state index in [1.807, 2.05) is 0 Å². The fourth-order valence-corrected chi connectivity index (χ4v) is 1.44. The van der Waals surface area contributed by atoms with E-state index in [0.29, 0.717) is 10.8 Å². The number of nitrogens with zero attached hydrogens (tertiary/aromatic N) is 1. The van der Waals surface area contributed by atoms with Crippen LogP contribution >= 0.6 is 0 Å². The van der Waals surface area contributed by atoms with Crippen molar-refractivity contribution in [3.05, 3.63) is 44.8 Å². The highest BCUT2D eigenvalue weighted by molar-refractivity contribution is 5.08. The first-order valence-corrected chi connectivity index (χ1v) is 4.67. The van der Waals surface area contributed by atoms with Gasteiger partial charge in [-0.25, -0.2) is 9.18 Å².